The minimum absolute atomic E-state index is 0.0242. The Labute approximate surface area is 85.8 Å². The van der Waals surface area contributed by atoms with E-state index in [0.717, 1.165) is 25.7 Å². The van der Waals surface area contributed by atoms with Gasteiger partial charge in [0.25, 0.3) is 0 Å². The molecular weight excluding hydrogens is 211 g/mol. The van der Waals surface area contributed by atoms with Gasteiger partial charge in [-0.3, -0.25) is 0 Å². The van der Waals surface area contributed by atoms with Crippen LogP contribution in [0.1, 0.15) is 25.7 Å². The molecule has 1 aliphatic carbocycles. The summed E-state index contributed by atoms with van der Waals surface area (Å²) in [5, 5.41) is 0. The lowest BCUT2D eigenvalue weighted by Gasteiger charge is -2.25. The van der Waals surface area contributed by atoms with Crippen molar-refractivity contribution < 1.29 is 22.7 Å². The summed E-state index contributed by atoms with van der Waals surface area (Å²) in [4.78, 5) is 10.4. The van der Waals surface area contributed by atoms with Gasteiger partial charge in [0.2, 0.25) is 0 Å². The van der Waals surface area contributed by atoms with Gasteiger partial charge in [0, 0.05) is 6.04 Å². The monoisotopic (exact) mass is 225 g/mol. The van der Waals surface area contributed by atoms with Gasteiger partial charge in [-0.25, -0.2) is 4.79 Å². The zero-order valence-electron chi connectivity index (χ0n) is 8.22. The van der Waals surface area contributed by atoms with Crippen LogP contribution >= 0.6 is 0 Å². The standard InChI is InChI=1S/C9H14F3NO2/c10-9(11,12)8(14)15-5-6-1-3-7(13)4-2-6/h6-7H,1-5,13H2/t6-,7-. The highest BCUT2D eigenvalue weighted by Crippen LogP contribution is 2.24. The van der Waals surface area contributed by atoms with Crippen LogP contribution in [-0.2, 0) is 9.53 Å². The molecule has 0 amide bonds. The molecule has 0 heterocycles. The predicted octanol–water partition coefficient (Wildman–Crippen LogP) is 1.61. The molecule has 0 aromatic heterocycles. The van der Waals surface area contributed by atoms with Crippen LogP contribution < -0.4 is 5.73 Å². The SMILES string of the molecule is N[C@H]1CC[C@H](COC(=O)C(F)(F)F)CC1. The van der Waals surface area contributed by atoms with Crippen LogP contribution in [0, 0.1) is 5.92 Å². The van der Waals surface area contributed by atoms with Crippen LogP contribution in [0.5, 0.6) is 0 Å². The predicted molar refractivity (Wildman–Crippen MR) is 46.9 cm³/mol. The van der Waals surface area contributed by atoms with Crippen LogP contribution in [0.2, 0.25) is 0 Å². The molecule has 0 spiro atoms. The van der Waals surface area contributed by atoms with Crippen molar-refractivity contribution in [2.24, 2.45) is 11.7 Å². The number of alkyl halides is 3. The van der Waals surface area contributed by atoms with Gasteiger partial charge in [0.1, 0.15) is 0 Å². The molecule has 0 saturated heterocycles. The highest BCUT2D eigenvalue weighted by Gasteiger charge is 2.41. The van der Waals surface area contributed by atoms with Crippen molar-refractivity contribution >= 4 is 5.97 Å². The Hall–Kier alpha value is -0.780. The Bertz CT molecular complexity index is 222. The maximum Gasteiger partial charge on any atom is 0.490 e. The molecule has 2 N–H and O–H groups in total. The second kappa shape index (κ2) is 4.83. The third kappa shape index (κ3) is 4.07. The van der Waals surface area contributed by atoms with Crippen molar-refractivity contribution in [1.82, 2.24) is 0 Å². The van der Waals surface area contributed by atoms with Gasteiger partial charge in [0.05, 0.1) is 6.61 Å². The van der Waals surface area contributed by atoms with E-state index in [1.165, 1.54) is 0 Å². The first-order valence-electron chi connectivity index (χ1n) is 4.89. The zero-order chi connectivity index (χ0) is 11.5. The largest absolute Gasteiger partial charge is 0.490 e. The third-order valence-corrected chi connectivity index (χ3v) is 2.57. The second-order valence-electron chi connectivity index (χ2n) is 3.88. The van der Waals surface area contributed by atoms with Gasteiger partial charge in [-0.15, -0.1) is 0 Å². The number of halogens is 3. The summed E-state index contributed by atoms with van der Waals surface area (Å²) < 4.78 is 39.5. The molecule has 15 heavy (non-hydrogen) atoms. The molecule has 88 valence electrons. The molecule has 3 nitrogen and oxygen atoms in total. The minimum Gasteiger partial charge on any atom is -0.459 e. The topological polar surface area (TPSA) is 52.3 Å². The molecule has 0 atom stereocenters. The van der Waals surface area contributed by atoms with Crippen LogP contribution in [0.25, 0.3) is 0 Å². The summed E-state index contributed by atoms with van der Waals surface area (Å²) in [6, 6.07) is 0.138. The van der Waals surface area contributed by atoms with E-state index in [1.54, 1.807) is 0 Å². The second-order valence-corrected chi connectivity index (χ2v) is 3.88. The Morgan fingerprint density at radius 3 is 2.27 bits per heavy atom. The average Bonchev–Trinajstić information content (AvgIpc) is 2.15. The fourth-order valence-electron chi connectivity index (χ4n) is 1.63. The van der Waals surface area contributed by atoms with E-state index >= 15 is 0 Å². The molecule has 1 fully saturated rings. The molecule has 0 aliphatic heterocycles. The molecule has 0 aromatic carbocycles. The van der Waals surface area contributed by atoms with Gasteiger partial charge in [0.15, 0.2) is 0 Å². The summed E-state index contributed by atoms with van der Waals surface area (Å²) in [5.41, 5.74) is 5.63. The Morgan fingerprint density at radius 2 is 1.80 bits per heavy atom. The summed E-state index contributed by atoms with van der Waals surface area (Å²) >= 11 is 0. The van der Waals surface area contributed by atoms with E-state index in [1.807, 2.05) is 0 Å². The van der Waals surface area contributed by atoms with Crippen molar-refractivity contribution in [3.63, 3.8) is 0 Å². The number of hydrogen-bond donors (Lipinski definition) is 1. The molecule has 0 unspecified atom stereocenters. The van der Waals surface area contributed by atoms with Crippen molar-refractivity contribution in [3.8, 4) is 0 Å². The minimum atomic E-state index is -4.88. The molecule has 0 bridgehead atoms. The van der Waals surface area contributed by atoms with E-state index < -0.39 is 12.1 Å². The van der Waals surface area contributed by atoms with Crippen LogP contribution in [-0.4, -0.2) is 24.8 Å². The highest BCUT2D eigenvalue weighted by atomic mass is 19.4. The molecular formula is C9H14F3NO2. The average molecular weight is 225 g/mol. The summed E-state index contributed by atoms with van der Waals surface area (Å²) in [6.07, 6.45) is -1.86. The van der Waals surface area contributed by atoms with Crippen LogP contribution in [0.4, 0.5) is 13.2 Å². The lowest BCUT2D eigenvalue weighted by Crippen LogP contribution is -2.31. The van der Waals surface area contributed by atoms with Crippen molar-refractivity contribution in [1.29, 1.82) is 0 Å². The summed E-state index contributed by atoms with van der Waals surface area (Å²) in [7, 11) is 0. The Morgan fingerprint density at radius 1 is 1.27 bits per heavy atom. The van der Waals surface area contributed by atoms with E-state index in [0.29, 0.717) is 0 Å². The maximum atomic E-state index is 11.8. The van der Waals surface area contributed by atoms with Crippen molar-refractivity contribution in [2.45, 2.75) is 37.9 Å². The normalized spacial score (nSPS) is 27.5. The van der Waals surface area contributed by atoms with E-state index in [-0.39, 0.29) is 18.6 Å². The molecule has 1 aliphatic rings. The van der Waals surface area contributed by atoms with E-state index in [4.69, 9.17) is 5.73 Å². The summed E-state index contributed by atoms with van der Waals surface area (Å²) in [5.74, 6) is -2.08. The number of carbonyl (C=O) groups is 1. The quantitative estimate of drug-likeness (QED) is 0.726. The third-order valence-electron chi connectivity index (χ3n) is 2.57. The first-order chi connectivity index (χ1) is 6.89. The van der Waals surface area contributed by atoms with Gasteiger partial charge >= 0.3 is 12.1 Å². The molecule has 0 radical (unpaired) electrons. The van der Waals surface area contributed by atoms with Gasteiger partial charge in [-0.05, 0) is 31.6 Å². The molecule has 0 aromatic rings. The summed E-state index contributed by atoms with van der Waals surface area (Å²) in [6.45, 7) is -0.148. The molecule has 1 saturated carbocycles. The Kier molecular flexibility index (Phi) is 3.96. The lowest BCUT2D eigenvalue weighted by atomic mass is 9.87. The van der Waals surface area contributed by atoms with Crippen molar-refractivity contribution in [3.05, 3.63) is 0 Å². The van der Waals surface area contributed by atoms with Gasteiger partial charge in [-0.2, -0.15) is 13.2 Å². The van der Waals surface area contributed by atoms with Crippen LogP contribution in [0.15, 0.2) is 0 Å². The molecule has 6 heteroatoms. The number of hydrogen-bond acceptors (Lipinski definition) is 3. The smallest absolute Gasteiger partial charge is 0.459 e. The van der Waals surface area contributed by atoms with Crippen molar-refractivity contribution in [2.75, 3.05) is 6.61 Å². The zero-order valence-corrected chi connectivity index (χ0v) is 8.22. The lowest BCUT2D eigenvalue weighted by molar-refractivity contribution is -0.201. The van der Waals surface area contributed by atoms with E-state index in [9.17, 15) is 18.0 Å². The number of rotatable bonds is 2. The first-order valence-corrected chi connectivity index (χ1v) is 4.89. The molecule has 1 rings (SSSR count). The van der Waals surface area contributed by atoms with E-state index in [2.05, 4.69) is 4.74 Å². The fraction of sp³-hybridized carbons (Fsp3) is 0.889. The fourth-order valence-corrected chi connectivity index (χ4v) is 1.63. The van der Waals surface area contributed by atoms with Crippen LogP contribution in [0.3, 0.4) is 0 Å². The van der Waals surface area contributed by atoms with Gasteiger partial charge < -0.3 is 10.5 Å². The number of nitrogens with two attached hydrogens (primary N) is 1. The Balaban J connectivity index is 2.23. The maximum absolute atomic E-state index is 11.8. The number of carbonyl (C=O) groups excluding carboxylic acids is 1. The van der Waals surface area contributed by atoms with Gasteiger partial charge in [-0.1, -0.05) is 0 Å². The number of ether oxygens (including phenoxy) is 1. The highest BCUT2D eigenvalue weighted by molar-refractivity contribution is 5.75. The number of esters is 1. The first kappa shape index (κ1) is 12.3.